The smallest absolute Gasteiger partial charge is 0.478 e. The van der Waals surface area contributed by atoms with Gasteiger partial charge in [0.15, 0.2) is 5.71 Å². The lowest BCUT2D eigenvalue weighted by atomic mass is 9.77. The van der Waals surface area contributed by atoms with Crippen molar-refractivity contribution in [3.05, 3.63) is 195 Å². The first-order chi connectivity index (χ1) is 33.5. The Bertz CT molecular complexity index is 3350. The Morgan fingerprint density at radius 3 is 1.93 bits per heavy atom. The minimum absolute atomic E-state index is 0.216. The number of hydrogen-bond donors (Lipinski definition) is 4. The minimum atomic E-state index is -2.26. The third kappa shape index (κ3) is 9.26. The molecular weight excluding hydrogens is 882 g/mol. The molecule has 0 bridgehead atoms. The van der Waals surface area contributed by atoms with Crippen molar-refractivity contribution in [1.29, 1.82) is 0 Å². The summed E-state index contributed by atoms with van der Waals surface area (Å²) in [6.07, 6.45) is 6.74. The van der Waals surface area contributed by atoms with E-state index in [0.717, 1.165) is 94.1 Å². The Morgan fingerprint density at radius 2 is 1.27 bits per heavy atom. The second-order valence-corrected chi connectivity index (χ2v) is 24.2. The summed E-state index contributed by atoms with van der Waals surface area (Å²) in [6, 6.07) is 42.9. The maximum Gasteiger partial charge on any atom is 0.488 e. The van der Waals surface area contributed by atoms with Crippen LogP contribution in [0.4, 0.5) is 5.69 Å². The van der Waals surface area contributed by atoms with Gasteiger partial charge in [0.25, 0.3) is 0 Å². The van der Waals surface area contributed by atoms with Crippen LogP contribution < -0.4 is 21.0 Å². The van der Waals surface area contributed by atoms with E-state index in [1.165, 1.54) is 17.9 Å². The number of benzene rings is 7. The highest BCUT2D eigenvalue weighted by atomic mass is 28.3. The molecule has 1 aliphatic heterocycles. The fourth-order valence-corrected chi connectivity index (χ4v) is 13.7. The molecule has 70 heavy (non-hydrogen) atoms. The van der Waals surface area contributed by atoms with Crippen LogP contribution in [-0.2, 0) is 26.2 Å². The van der Waals surface area contributed by atoms with Gasteiger partial charge >= 0.3 is 20.6 Å². The van der Waals surface area contributed by atoms with Crippen molar-refractivity contribution in [2.75, 3.05) is 47.2 Å². The topological polar surface area (TPSA) is 111 Å². The van der Waals surface area contributed by atoms with Gasteiger partial charge in [-0.1, -0.05) is 104 Å². The Labute approximate surface area is 413 Å². The molecule has 9 rings (SSSR count). The fraction of sp³-hybridized carbons (Fsp3) is 0.207. The van der Waals surface area contributed by atoms with Gasteiger partial charge in [0.05, 0.1) is 5.56 Å². The average Bonchev–Trinajstić information content (AvgIpc) is 3.34. The highest BCUT2D eigenvalue weighted by Crippen LogP contribution is 2.44. The van der Waals surface area contributed by atoms with Gasteiger partial charge in [-0.3, -0.25) is 9.80 Å². The number of nitrogens with zero attached hydrogens (tertiary/aromatic N) is 4. The Hall–Kier alpha value is -6.63. The normalized spacial score (nSPS) is 14.0. The van der Waals surface area contributed by atoms with Crippen LogP contribution >= 0.6 is 0 Å². The molecule has 2 aliphatic rings. The molecule has 0 unspecified atom stereocenters. The van der Waals surface area contributed by atoms with E-state index in [1.807, 2.05) is 48.5 Å². The minimum Gasteiger partial charge on any atom is -0.478 e. The number of hydrogen-bond acceptors (Lipinski definition) is 7. The van der Waals surface area contributed by atoms with Crippen molar-refractivity contribution in [2.45, 2.75) is 39.3 Å². The largest absolute Gasteiger partial charge is 0.488 e. The molecule has 7 aromatic rings. The van der Waals surface area contributed by atoms with Gasteiger partial charge in [-0.25, -0.2) is 9.37 Å². The number of allylic oxidation sites excluding steroid dienone is 5. The zero-order valence-electron chi connectivity index (χ0n) is 41.3. The van der Waals surface area contributed by atoms with E-state index < -0.39 is 21.2 Å². The van der Waals surface area contributed by atoms with Crippen LogP contribution in [0.5, 0.6) is 0 Å². The molecule has 9 nitrogen and oxygen atoms in total. The summed E-state index contributed by atoms with van der Waals surface area (Å²) in [4.78, 5) is 19.9. The van der Waals surface area contributed by atoms with Crippen LogP contribution in [-0.4, -0.2) is 111 Å². The standard InChI is InChI=1S/C58H59B2N4O5Si/c1-61(2)43-22-25-48-55(31-43)70(7,8)56-32-44(62(3)4)23-26-49(56)57(48)41-27-40(28-42(29-41)58(65)66)37-21-24-47-50(30-37)52(36-63(5)33-38-15-9-13-19-53(38)59-67)46-18-12-11-17-45(46)51(47)35-64(6)34-39-16-10-14-20-54(39)60(68)69/h9-32,67-69H,33-36H2,1-8H3/p+1. The number of fused-ring (bicyclic) bond motifs is 4. The number of rotatable bonds is 14. The van der Waals surface area contributed by atoms with E-state index in [-0.39, 0.29) is 5.56 Å². The number of carbonyl (C=O) groups is 1. The van der Waals surface area contributed by atoms with E-state index in [0.29, 0.717) is 31.6 Å². The summed E-state index contributed by atoms with van der Waals surface area (Å²) in [5.41, 5.74) is 13.7. The van der Waals surface area contributed by atoms with Crippen LogP contribution in [0.25, 0.3) is 38.2 Å². The third-order valence-corrected chi connectivity index (χ3v) is 17.8. The van der Waals surface area contributed by atoms with E-state index in [1.54, 1.807) is 12.1 Å². The average molecular weight is 943 g/mol. The third-order valence-electron chi connectivity index (χ3n) is 14.2. The highest BCUT2D eigenvalue weighted by Gasteiger charge is 2.40. The molecule has 0 aromatic heterocycles. The van der Waals surface area contributed by atoms with Crippen molar-refractivity contribution >= 4 is 83.3 Å². The molecule has 4 N–H and O–H groups in total. The maximum atomic E-state index is 13.3. The fourth-order valence-electron chi connectivity index (χ4n) is 10.6. The zero-order chi connectivity index (χ0) is 49.6. The summed E-state index contributed by atoms with van der Waals surface area (Å²) in [6.45, 7) is 7.09. The molecule has 12 heteroatoms. The highest BCUT2D eigenvalue weighted by molar-refractivity contribution is 6.98. The van der Waals surface area contributed by atoms with Crippen LogP contribution in [0.15, 0.2) is 156 Å². The Kier molecular flexibility index (Phi) is 13.6. The van der Waals surface area contributed by atoms with Gasteiger partial charge < -0.3 is 25.1 Å². The maximum absolute atomic E-state index is 13.3. The lowest BCUT2D eigenvalue weighted by Gasteiger charge is -2.38. The molecule has 0 fully saturated rings. The van der Waals surface area contributed by atoms with Gasteiger partial charge in [0.2, 0.25) is 0 Å². The second kappa shape index (κ2) is 19.6. The van der Waals surface area contributed by atoms with Gasteiger partial charge in [-0.15, -0.1) is 0 Å². The van der Waals surface area contributed by atoms with E-state index in [4.69, 9.17) is 0 Å². The first kappa shape index (κ1) is 48.4. The lowest BCUT2D eigenvalue weighted by molar-refractivity contribution is -0.462. The zero-order valence-corrected chi connectivity index (χ0v) is 42.3. The second-order valence-electron chi connectivity index (χ2n) is 19.9. The molecular formula is C58H60B2N4O5Si+. The van der Waals surface area contributed by atoms with E-state index in [2.05, 4.69) is 160 Å². The number of carboxylic acids is 1. The van der Waals surface area contributed by atoms with Gasteiger partial charge in [-0.2, -0.15) is 0 Å². The predicted octanol–water partition coefficient (Wildman–Crippen LogP) is 7.08. The van der Waals surface area contributed by atoms with Crippen LogP contribution in [0.3, 0.4) is 0 Å². The molecule has 1 heterocycles. The van der Waals surface area contributed by atoms with Crippen molar-refractivity contribution in [2.24, 2.45) is 0 Å². The lowest BCUT2D eigenvalue weighted by Crippen LogP contribution is -2.49. The predicted molar refractivity (Wildman–Crippen MR) is 293 cm³/mol. The first-order valence-corrected chi connectivity index (χ1v) is 26.8. The summed E-state index contributed by atoms with van der Waals surface area (Å²) in [7, 11) is 9.76. The SMILES string of the molecule is CN(Cc1ccccc1[B]O)Cc1c2ccccc2c(CN(C)Cc2ccccc2B(O)O)c2ccc(-c3cc(C(=O)O)cc(C4=C5C=CC(=[N+](C)C)C=C5[Si](C)(C)c5cc(N(C)C)ccc54)c3)cc12. The quantitative estimate of drug-likeness (QED) is 0.0521. The van der Waals surface area contributed by atoms with Gasteiger partial charge in [-0.05, 0) is 155 Å². The number of anilines is 1. The molecule has 1 aliphatic carbocycles. The number of aromatic carboxylic acids is 1. The molecule has 351 valence electrons. The summed E-state index contributed by atoms with van der Waals surface area (Å²) in [5.74, 6) is -0.990. The van der Waals surface area contributed by atoms with E-state index in [9.17, 15) is 25.0 Å². The molecule has 0 atom stereocenters. The van der Waals surface area contributed by atoms with Crippen molar-refractivity contribution < 1.29 is 29.5 Å². The van der Waals surface area contributed by atoms with Crippen molar-refractivity contribution in [1.82, 2.24) is 9.80 Å². The molecule has 7 aromatic carbocycles. The van der Waals surface area contributed by atoms with Crippen LogP contribution in [0, 0.1) is 0 Å². The monoisotopic (exact) mass is 942 g/mol. The summed E-state index contributed by atoms with van der Waals surface area (Å²) < 4.78 is 2.14. The first-order valence-electron chi connectivity index (χ1n) is 23.8. The van der Waals surface area contributed by atoms with Crippen LogP contribution in [0.1, 0.15) is 43.7 Å². The Morgan fingerprint density at radius 1 is 0.657 bits per heavy atom. The molecule has 1 radical (unpaired) electrons. The van der Waals surface area contributed by atoms with Crippen molar-refractivity contribution in [3.8, 4) is 11.1 Å². The summed E-state index contributed by atoms with van der Waals surface area (Å²) in [5, 5.41) is 48.4. The summed E-state index contributed by atoms with van der Waals surface area (Å²) >= 11 is 0. The number of carboxylic acid groups (broad SMARTS) is 1. The van der Waals surface area contributed by atoms with Crippen LogP contribution in [0.2, 0.25) is 13.1 Å². The van der Waals surface area contributed by atoms with E-state index >= 15 is 0 Å². The molecule has 0 amide bonds. The van der Waals surface area contributed by atoms with Crippen molar-refractivity contribution in [3.63, 3.8) is 0 Å². The molecule has 0 saturated heterocycles. The Balaban J connectivity index is 1.25. The molecule has 0 saturated carbocycles. The molecule has 0 spiro atoms. The van der Waals surface area contributed by atoms with Gasteiger partial charge in [0, 0.05) is 58.1 Å². The van der Waals surface area contributed by atoms with Gasteiger partial charge in [0.1, 0.15) is 22.2 Å².